The van der Waals surface area contributed by atoms with Crippen LogP contribution in [0, 0.1) is 0 Å². The molecule has 0 spiro atoms. The number of rotatable bonds is 14. The molecule has 5 aromatic rings. The Morgan fingerprint density at radius 1 is 0.860 bits per heavy atom. The fourth-order valence-corrected chi connectivity index (χ4v) is 7.89. The van der Waals surface area contributed by atoms with Crippen molar-refractivity contribution in [3.63, 3.8) is 0 Å². The van der Waals surface area contributed by atoms with Crippen LogP contribution in [-0.2, 0) is 45.5 Å². The van der Waals surface area contributed by atoms with E-state index in [1.165, 1.54) is 45.1 Å². The molecule has 4 aromatic carbocycles. The van der Waals surface area contributed by atoms with Crippen LogP contribution in [0.25, 0.3) is 16.5 Å². The molecule has 6 rings (SSSR count). The van der Waals surface area contributed by atoms with E-state index >= 15 is 0 Å². The van der Waals surface area contributed by atoms with Crippen LogP contribution in [0.3, 0.4) is 0 Å². The number of carbonyl (C=O) groups excluding carboxylic acids is 1. The molecule has 9 heteroatoms. The van der Waals surface area contributed by atoms with E-state index in [0.29, 0.717) is 18.4 Å². The molecule has 1 aliphatic rings. The molecule has 8 nitrogen and oxygen atoms in total. The summed E-state index contributed by atoms with van der Waals surface area (Å²) in [5.41, 5.74) is 7.93. The van der Waals surface area contributed by atoms with Gasteiger partial charge in [-0.2, -0.15) is 4.31 Å². The van der Waals surface area contributed by atoms with E-state index in [9.17, 15) is 23.1 Å². The summed E-state index contributed by atoms with van der Waals surface area (Å²) >= 11 is 0. The second-order valence-corrected chi connectivity index (χ2v) is 14.1. The Morgan fingerprint density at radius 3 is 2.16 bits per heavy atom. The highest BCUT2D eigenvalue weighted by Gasteiger charge is 2.29. The van der Waals surface area contributed by atoms with E-state index < -0.39 is 16.0 Å². The van der Waals surface area contributed by atoms with Gasteiger partial charge in [0.15, 0.2) is 0 Å². The van der Waals surface area contributed by atoms with Gasteiger partial charge in [0.05, 0.1) is 16.7 Å². The van der Waals surface area contributed by atoms with Crippen LogP contribution in [0.4, 0.5) is 0 Å². The quantitative estimate of drug-likeness (QED) is 0.0899. The lowest BCUT2D eigenvalue weighted by atomic mass is 9.94. The normalized spacial score (nSPS) is 12.9. The van der Waals surface area contributed by atoms with E-state index in [1.807, 2.05) is 60.7 Å². The van der Waals surface area contributed by atoms with E-state index in [4.69, 9.17) is 4.74 Å². The topological polar surface area (TPSA) is 117 Å². The number of benzene rings is 4. The third-order valence-corrected chi connectivity index (χ3v) is 10.7. The maximum Gasteiger partial charge on any atom is 0.337 e. The van der Waals surface area contributed by atoms with Crippen molar-refractivity contribution in [2.24, 2.45) is 0 Å². The number of aromatic amines is 1. The summed E-state index contributed by atoms with van der Waals surface area (Å²) in [6.07, 6.45) is 10.9. The minimum atomic E-state index is -4.24. The molecule has 50 heavy (non-hydrogen) atoms. The fourth-order valence-electron chi connectivity index (χ4n) is 6.29. The molecule has 0 unspecified atom stereocenters. The molecule has 0 radical (unpaired) electrons. The molecule has 0 amide bonds. The number of fused-ring (bicyclic) bond motifs is 1. The first-order chi connectivity index (χ1) is 24.2. The van der Waals surface area contributed by atoms with Crippen LogP contribution in [0.2, 0.25) is 0 Å². The molecule has 254 valence electrons. The summed E-state index contributed by atoms with van der Waals surface area (Å²) in [4.78, 5) is 27.2. The largest absolute Gasteiger partial charge is 0.478 e. The zero-order chi connectivity index (χ0) is 35.1. The van der Waals surface area contributed by atoms with E-state index in [2.05, 4.69) is 41.9 Å². The summed E-state index contributed by atoms with van der Waals surface area (Å²) in [5.74, 6) is -1.70. The van der Waals surface area contributed by atoms with Crippen molar-refractivity contribution in [1.29, 1.82) is 0 Å². The van der Waals surface area contributed by atoms with Crippen LogP contribution >= 0.6 is 0 Å². The molecule has 2 N–H and O–H groups in total. The number of hydrogen-bond acceptors (Lipinski definition) is 5. The van der Waals surface area contributed by atoms with Gasteiger partial charge in [-0.05, 0) is 70.9 Å². The maximum absolute atomic E-state index is 14.2. The lowest BCUT2D eigenvalue weighted by molar-refractivity contribution is -0.137. The molecular weight excluding hydrogens is 649 g/mol. The number of carboxylic acids is 1. The number of nitrogens with zero attached hydrogens (tertiary/aromatic N) is 1. The zero-order valence-corrected chi connectivity index (χ0v) is 28.4. The van der Waals surface area contributed by atoms with Gasteiger partial charge in [0.1, 0.15) is 0 Å². The molecule has 0 atom stereocenters. The van der Waals surface area contributed by atoms with Gasteiger partial charge in [-0.25, -0.2) is 13.2 Å². The van der Waals surface area contributed by atoms with Crippen molar-refractivity contribution < 1.29 is 27.9 Å². The minimum absolute atomic E-state index is 0.0130. The number of ether oxygens (including phenoxy) is 1. The van der Waals surface area contributed by atoms with Gasteiger partial charge in [0, 0.05) is 42.5 Å². The Labute approximate surface area is 292 Å². The minimum Gasteiger partial charge on any atom is -0.478 e. The zero-order valence-electron chi connectivity index (χ0n) is 27.5. The second-order valence-electron chi connectivity index (χ2n) is 12.2. The number of sulfonamides is 1. The van der Waals surface area contributed by atoms with Crippen LogP contribution in [-0.4, -0.2) is 34.8 Å². The number of esters is 1. The molecule has 0 saturated heterocycles. The molecule has 1 aliphatic carbocycles. The number of aryl methyl sites for hydroxylation is 1. The van der Waals surface area contributed by atoms with Crippen molar-refractivity contribution in [3.8, 4) is 0 Å². The van der Waals surface area contributed by atoms with Crippen molar-refractivity contribution in [2.75, 3.05) is 0 Å². The van der Waals surface area contributed by atoms with Crippen molar-refractivity contribution in [1.82, 2.24) is 9.29 Å². The smallest absolute Gasteiger partial charge is 0.337 e. The third kappa shape index (κ3) is 7.86. The van der Waals surface area contributed by atoms with E-state index in [-0.39, 0.29) is 35.9 Å². The van der Waals surface area contributed by atoms with E-state index in [1.54, 1.807) is 0 Å². The van der Waals surface area contributed by atoms with Crippen molar-refractivity contribution >= 4 is 38.4 Å². The third-order valence-electron chi connectivity index (χ3n) is 8.86. The lowest BCUT2D eigenvalue weighted by Crippen LogP contribution is -2.31. The summed E-state index contributed by atoms with van der Waals surface area (Å²) < 4.78 is 34.4. The fraction of sp³-hybridized carbons (Fsp3) is 0.171. The average molecular weight is 687 g/mol. The second kappa shape index (κ2) is 15.4. The first-order valence-corrected chi connectivity index (χ1v) is 17.9. The van der Waals surface area contributed by atoms with Crippen LogP contribution < -0.4 is 0 Å². The van der Waals surface area contributed by atoms with Crippen molar-refractivity contribution in [2.45, 2.75) is 50.1 Å². The Balaban J connectivity index is 1.27. The number of carboxylic acid groups (broad SMARTS) is 1. The summed E-state index contributed by atoms with van der Waals surface area (Å²) in [5, 5.41) is 11.0. The highest BCUT2D eigenvalue weighted by molar-refractivity contribution is 7.89. The Morgan fingerprint density at radius 2 is 1.50 bits per heavy atom. The molecule has 0 aliphatic heterocycles. The summed E-state index contributed by atoms with van der Waals surface area (Å²) in [7, 11) is -4.24. The van der Waals surface area contributed by atoms with Gasteiger partial charge in [0.25, 0.3) is 0 Å². The van der Waals surface area contributed by atoms with Crippen molar-refractivity contribution in [3.05, 3.63) is 167 Å². The predicted octanol–water partition coefficient (Wildman–Crippen LogP) is 8.20. The molecule has 1 heterocycles. The summed E-state index contributed by atoms with van der Waals surface area (Å²) in [6, 6.07) is 29.2. The lowest BCUT2D eigenvalue weighted by Gasteiger charge is -2.24. The molecule has 0 fully saturated rings. The standard InChI is InChI=1S/C41H38N2O6S/c1-2-49-39(44)25-24-29-16-20-31(21-17-29)27-43(50(47,48)38-15-9-7-13-35(38)41(45)46)28-32-22-18-30(19-23-32)26-36-34-12-6-8-14-37(34)42-40(36)33-10-4-3-5-11-33/h2-4,6-10,12-23,42H,1,5,11,24-28H2,(H,45,46). The number of carbonyl (C=O) groups is 2. The van der Waals surface area contributed by atoms with Crippen LogP contribution in [0.1, 0.15) is 63.1 Å². The Hall–Kier alpha value is -5.51. The molecular formula is C41H38N2O6S. The molecule has 0 saturated carbocycles. The summed E-state index contributed by atoms with van der Waals surface area (Å²) in [6.45, 7) is 3.44. The number of nitrogens with one attached hydrogen (secondary N) is 1. The first kappa shape index (κ1) is 34.4. The number of H-pyrrole nitrogens is 1. The first-order valence-electron chi connectivity index (χ1n) is 16.5. The Bertz CT molecular complexity index is 2200. The molecule has 1 aromatic heterocycles. The van der Waals surface area contributed by atoms with Gasteiger partial charge >= 0.3 is 11.9 Å². The van der Waals surface area contributed by atoms with Gasteiger partial charge in [-0.15, -0.1) is 0 Å². The maximum atomic E-state index is 14.2. The number of hydrogen-bond donors (Lipinski definition) is 2. The van der Waals surface area contributed by atoms with Crippen LogP contribution in [0.5, 0.6) is 0 Å². The van der Waals surface area contributed by atoms with E-state index in [0.717, 1.165) is 47.0 Å². The van der Waals surface area contributed by atoms with Gasteiger partial charge in [-0.1, -0.05) is 104 Å². The Kier molecular flexibility index (Phi) is 10.6. The van der Waals surface area contributed by atoms with Gasteiger partial charge < -0.3 is 14.8 Å². The number of allylic oxidation sites excluding steroid dienone is 4. The predicted molar refractivity (Wildman–Crippen MR) is 195 cm³/mol. The van der Waals surface area contributed by atoms with Crippen LogP contribution in [0.15, 0.2) is 133 Å². The SMILES string of the molecule is C=COC(=O)CCc1ccc(CN(Cc2ccc(Cc3c(C4=CC=CCC4)[nH]c4ccccc34)cc2)S(=O)(=O)c2ccccc2C(=O)O)cc1. The highest BCUT2D eigenvalue weighted by atomic mass is 32.2. The van der Waals surface area contributed by atoms with Gasteiger partial charge in [-0.3, -0.25) is 4.79 Å². The average Bonchev–Trinajstić information content (AvgIpc) is 3.50. The molecule has 0 bridgehead atoms. The highest BCUT2D eigenvalue weighted by Crippen LogP contribution is 2.33. The van der Waals surface area contributed by atoms with Gasteiger partial charge in [0.2, 0.25) is 10.0 Å². The number of para-hydroxylation sites is 1. The monoisotopic (exact) mass is 686 g/mol. The number of aromatic nitrogens is 1. The number of aromatic carboxylic acids is 1.